The van der Waals surface area contributed by atoms with Crippen molar-refractivity contribution in [2.45, 2.75) is 52.1 Å². The van der Waals surface area contributed by atoms with Crippen LogP contribution in [0.25, 0.3) is 0 Å². The molecule has 0 radical (unpaired) electrons. The summed E-state index contributed by atoms with van der Waals surface area (Å²) in [6.07, 6.45) is 4.26. The van der Waals surface area contributed by atoms with Crippen LogP contribution in [0.1, 0.15) is 51.0 Å². The Balaban J connectivity index is 1.72. The SMILES string of the molecule is CN(C)C(CNC1C2(C)CCC(C2)C1(C)C)c1cccs1. The molecule has 0 aromatic carbocycles. The van der Waals surface area contributed by atoms with E-state index >= 15 is 0 Å². The number of thiophene rings is 1. The molecular weight excluding hydrogens is 276 g/mol. The van der Waals surface area contributed by atoms with Gasteiger partial charge in [-0.3, -0.25) is 0 Å². The Morgan fingerprint density at radius 1 is 1.38 bits per heavy atom. The van der Waals surface area contributed by atoms with Gasteiger partial charge >= 0.3 is 0 Å². The Morgan fingerprint density at radius 3 is 2.67 bits per heavy atom. The number of hydrogen-bond donors (Lipinski definition) is 1. The fraction of sp³-hybridized carbons (Fsp3) is 0.778. The minimum Gasteiger partial charge on any atom is -0.311 e. The van der Waals surface area contributed by atoms with Gasteiger partial charge in [0, 0.05) is 17.5 Å². The van der Waals surface area contributed by atoms with E-state index in [0.717, 1.165) is 12.5 Å². The van der Waals surface area contributed by atoms with Gasteiger partial charge in [-0.15, -0.1) is 11.3 Å². The average molecular weight is 307 g/mol. The van der Waals surface area contributed by atoms with Crippen molar-refractivity contribution in [1.29, 1.82) is 0 Å². The molecule has 4 unspecified atom stereocenters. The first-order valence-electron chi connectivity index (χ1n) is 8.28. The van der Waals surface area contributed by atoms with Crippen LogP contribution in [0.15, 0.2) is 17.5 Å². The topological polar surface area (TPSA) is 15.3 Å². The molecule has 0 aliphatic heterocycles. The fourth-order valence-electron chi connectivity index (χ4n) is 5.06. The zero-order valence-electron chi connectivity index (χ0n) is 14.1. The summed E-state index contributed by atoms with van der Waals surface area (Å²) in [5.41, 5.74) is 0.958. The maximum atomic E-state index is 3.98. The van der Waals surface area contributed by atoms with Crippen molar-refractivity contribution in [3.05, 3.63) is 22.4 Å². The summed E-state index contributed by atoms with van der Waals surface area (Å²) >= 11 is 1.87. The van der Waals surface area contributed by atoms with Gasteiger partial charge in [-0.25, -0.2) is 0 Å². The molecular formula is C18H30N2S. The molecule has 0 saturated heterocycles. The van der Waals surface area contributed by atoms with Gasteiger partial charge in [0.2, 0.25) is 0 Å². The van der Waals surface area contributed by atoms with Crippen LogP contribution in [-0.4, -0.2) is 31.6 Å². The summed E-state index contributed by atoms with van der Waals surface area (Å²) in [5.74, 6) is 0.916. The highest BCUT2D eigenvalue weighted by molar-refractivity contribution is 7.10. The minimum absolute atomic E-state index is 0.444. The average Bonchev–Trinajstić information content (AvgIpc) is 3.06. The molecule has 3 heteroatoms. The molecule has 1 N–H and O–H groups in total. The standard InChI is InChI=1S/C18H30N2S/c1-17(2)13-8-9-18(3,11-13)16(17)19-12-14(20(4)5)15-7-6-10-21-15/h6-7,10,13-14,16,19H,8-9,11-12H2,1-5H3. The van der Waals surface area contributed by atoms with Crippen LogP contribution >= 0.6 is 11.3 Å². The maximum absolute atomic E-state index is 3.98. The van der Waals surface area contributed by atoms with E-state index in [1.807, 2.05) is 11.3 Å². The van der Waals surface area contributed by atoms with Crippen LogP contribution < -0.4 is 5.32 Å². The molecule has 3 rings (SSSR count). The van der Waals surface area contributed by atoms with Crippen LogP contribution in [0, 0.1) is 16.7 Å². The van der Waals surface area contributed by atoms with Gasteiger partial charge in [0.1, 0.15) is 0 Å². The van der Waals surface area contributed by atoms with Crippen LogP contribution in [0.2, 0.25) is 0 Å². The van der Waals surface area contributed by atoms with Gasteiger partial charge in [-0.05, 0) is 61.6 Å². The molecule has 1 aromatic heterocycles. The minimum atomic E-state index is 0.444. The van der Waals surface area contributed by atoms with E-state index in [0.29, 0.717) is 22.9 Å². The second kappa shape index (κ2) is 5.36. The zero-order valence-corrected chi connectivity index (χ0v) is 15.0. The lowest BCUT2D eigenvalue weighted by atomic mass is 9.68. The summed E-state index contributed by atoms with van der Waals surface area (Å²) in [6, 6.07) is 5.58. The third kappa shape index (κ3) is 2.58. The molecule has 1 aromatic rings. The van der Waals surface area contributed by atoms with E-state index in [-0.39, 0.29) is 0 Å². The van der Waals surface area contributed by atoms with Gasteiger partial charge in [0.15, 0.2) is 0 Å². The predicted octanol–water partition coefficient (Wildman–Crippen LogP) is 4.16. The fourth-order valence-corrected chi connectivity index (χ4v) is 5.98. The molecule has 1 heterocycles. The molecule has 0 amide bonds. The molecule has 2 saturated carbocycles. The predicted molar refractivity (Wildman–Crippen MR) is 91.8 cm³/mol. The van der Waals surface area contributed by atoms with Gasteiger partial charge in [-0.2, -0.15) is 0 Å². The molecule has 2 fully saturated rings. The Morgan fingerprint density at radius 2 is 2.14 bits per heavy atom. The third-order valence-electron chi connectivity index (χ3n) is 6.28. The Hall–Kier alpha value is -0.380. The molecule has 118 valence electrons. The highest BCUT2D eigenvalue weighted by Gasteiger charge is 2.58. The lowest BCUT2D eigenvalue weighted by molar-refractivity contribution is 0.102. The van der Waals surface area contributed by atoms with Crippen molar-refractivity contribution in [2.24, 2.45) is 16.7 Å². The number of hydrogen-bond acceptors (Lipinski definition) is 3. The van der Waals surface area contributed by atoms with Crippen LogP contribution in [0.3, 0.4) is 0 Å². The smallest absolute Gasteiger partial charge is 0.0561 e. The summed E-state index contributed by atoms with van der Waals surface area (Å²) in [5, 5.41) is 6.17. The first-order chi connectivity index (χ1) is 9.84. The van der Waals surface area contributed by atoms with E-state index in [1.54, 1.807) is 0 Å². The second-order valence-corrected chi connectivity index (χ2v) is 9.23. The van der Waals surface area contributed by atoms with E-state index in [1.165, 1.54) is 24.1 Å². The van der Waals surface area contributed by atoms with Crippen molar-refractivity contribution < 1.29 is 0 Å². The Bertz CT molecular complexity index is 475. The molecule has 2 bridgehead atoms. The highest BCUT2D eigenvalue weighted by atomic mass is 32.1. The summed E-state index contributed by atoms with van der Waals surface area (Å²) < 4.78 is 0. The van der Waals surface area contributed by atoms with Crippen molar-refractivity contribution in [3.63, 3.8) is 0 Å². The normalized spacial score (nSPS) is 35.5. The van der Waals surface area contributed by atoms with Crippen LogP contribution in [0.4, 0.5) is 0 Å². The maximum Gasteiger partial charge on any atom is 0.0561 e. The number of nitrogens with one attached hydrogen (secondary N) is 1. The van der Waals surface area contributed by atoms with Gasteiger partial charge in [0.25, 0.3) is 0 Å². The van der Waals surface area contributed by atoms with Gasteiger partial charge in [-0.1, -0.05) is 26.8 Å². The monoisotopic (exact) mass is 306 g/mol. The summed E-state index contributed by atoms with van der Waals surface area (Å²) in [7, 11) is 4.39. The third-order valence-corrected chi connectivity index (χ3v) is 7.25. The molecule has 2 nitrogen and oxygen atoms in total. The molecule has 21 heavy (non-hydrogen) atoms. The number of nitrogens with zero attached hydrogens (tertiary/aromatic N) is 1. The van der Waals surface area contributed by atoms with Crippen molar-refractivity contribution in [3.8, 4) is 0 Å². The van der Waals surface area contributed by atoms with Crippen molar-refractivity contribution in [2.75, 3.05) is 20.6 Å². The van der Waals surface area contributed by atoms with Crippen molar-refractivity contribution >= 4 is 11.3 Å². The van der Waals surface area contributed by atoms with E-state index in [9.17, 15) is 0 Å². The second-order valence-electron chi connectivity index (χ2n) is 8.25. The number of rotatable bonds is 5. The van der Waals surface area contributed by atoms with Gasteiger partial charge in [0.05, 0.1) is 6.04 Å². The van der Waals surface area contributed by atoms with Crippen LogP contribution in [-0.2, 0) is 0 Å². The van der Waals surface area contributed by atoms with E-state index in [2.05, 4.69) is 62.6 Å². The zero-order chi connectivity index (χ0) is 15.3. The summed E-state index contributed by atoms with van der Waals surface area (Å²) in [4.78, 5) is 3.82. The first kappa shape index (κ1) is 15.5. The lowest BCUT2D eigenvalue weighted by Crippen LogP contribution is -2.52. The molecule has 0 spiro atoms. The van der Waals surface area contributed by atoms with E-state index in [4.69, 9.17) is 0 Å². The molecule has 2 aliphatic carbocycles. The summed E-state index contributed by atoms with van der Waals surface area (Å²) in [6.45, 7) is 8.53. The van der Waals surface area contributed by atoms with Crippen LogP contribution in [0.5, 0.6) is 0 Å². The number of fused-ring (bicyclic) bond motifs is 2. The molecule has 2 aliphatic rings. The number of likely N-dealkylation sites (N-methyl/N-ethyl adjacent to an activating group) is 1. The Kier molecular flexibility index (Phi) is 3.96. The lowest BCUT2D eigenvalue weighted by Gasteiger charge is -2.44. The van der Waals surface area contributed by atoms with E-state index < -0.39 is 0 Å². The van der Waals surface area contributed by atoms with Crippen molar-refractivity contribution in [1.82, 2.24) is 10.2 Å². The Labute approximate surface area is 133 Å². The first-order valence-corrected chi connectivity index (χ1v) is 9.16. The van der Waals surface area contributed by atoms with Gasteiger partial charge < -0.3 is 10.2 Å². The quantitative estimate of drug-likeness (QED) is 0.879. The molecule has 4 atom stereocenters. The largest absolute Gasteiger partial charge is 0.311 e. The highest BCUT2D eigenvalue weighted by Crippen LogP contribution is 2.62.